The molecule has 1 fully saturated rings. The van der Waals surface area contributed by atoms with Crippen molar-refractivity contribution in [3.05, 3.63) is 58.4 Å². The van der Waals surface area contributed by atoms with Crippen molar-refractivity contribution in [1.29, 1.82) is 0 Å². The molecule has 7 nitrogen and oxygen atoms in total. The zero-order chi connectivity index (χ0) is 22.9. The lowest BCUT2D eigenvalue weighted by atomic mass is 10.1. The van der Waals surface area contributed by atoms with Crippen LogP contribution in [0.4, 0.5) is 13.2 Å². The first kappa shape index (κ1) is 22.2. The number of benzene rings is 1. The summed E-state index contributed by atoms with van der Waals surface area (Å²) in [5.74, 6) is 0.139. The third kappa shape index (κ3) is 5.05. The fraction of sp³-hybridized carbons (Fsp3) is 0.333. The second kappa shape index (κ2) is 8.83. The van der Waals surface area contributed by atoms with Crippen molar-refractivity contribution in [3.63, 3.8) is 0 Å². The Balaban J connectivity index is 1.55. The molecule has 1 amide bonds. The summed E-state index contributed by atoms with van der Waals surface area (Å²) in [6.07, 6.45) is -2.78. The summed E-state index contributed by atoms with van der Waals surface area (Å²) in [6.45, 7) is 5.03. The quantitative estimate of drug-likeness (QED) is 0.579. The average Bonchev–Trinajstić information content (AvgIpc) is 3.16. The largest absolute Gasteiger partial charge is 0.488 e. The van der Waals surface area contributed by atoms with E-state index in [1.165, 1.54) is 17.4 Å². The molecule has 1 aliphatic heterocycles. The van der Waals surface area contributed by atoms with Gasteiger partial charge in [0.1, 0.15) is 16.9 Å². The Morgan fingerprint density at radius 1 is 1.25 bits per heavy atom. The van der Waals surface area contributed by atoms with E-state index < -0.39 is 23.8 Å². The van der Waals surface area contributed by atoms with Crippen molar-refractivity contribution >= 4 is 17.2 Å². The number of carbonyl (C=O) groups excluding carboxylic acids is 1. The summed E-state index contributed by atoms with van der Waals surface area (Å²) in [4.78, 5) is 18.4. The molecule has 0 spiro atoms. The van der Waals surface area contributed by atoms with E-state index in [4.69, 9.17) is 4.74 Å². The Labute approximate surface area is 186 Å². The highest BCUT2D eigenvalue weighted by Gasteiger charge is 2.33. The van der Waals surface area contributed by atoms with E-state index in [9.17, 15) is 18.0 Å². The summed E-state index contributed by atoms with van der Waals surface area (Å²) in [6, 6.07) is 6.59. The van der Waals surface area contributed by atoms with Crippen molar-refractivity contribution in [2.45, 2.75) is 32.2 Å². The molecule has 4 rings (SSSR count). The SMILES string of the molecule is Cc1cnc(-c2cc(OC3CNC3)cc(C(=O)N[C@H](C)c3ccc(C(F)(F)F)nn3)c2)s1. The molecule has 1 aliphatic rings. The minimum atomic E-state index is -4.57. The highest BCUT2D eigenvalue weighted by molar-refractivity contribution is 7.14. The zero-order valence-corrected chi connectivity index (χ0v) is 18.0. The van der Waals surface area contributed by atoms with Gasteiger partial charge in [-0.1, -0.05) is 0 Å². The highest BCUT2D eigenvalue weighted by atomic mass is 32.1. The third-order valence-electron chi connectivity index (χ3n) is 4.85. The van der Waals surface area contributed by atoms with Crippen molar-refractivity contribution < 1.29 is 22.7 Å². The Bertz CT molecular complexity index is 1110. The lowest BCUT2D eigenvalue weighted by Gasteiger charge is -2.28. The Morgan fingerprint density at radius 2 is 2.03 bits per heavy atom. The molecule has 0 radical (unpaired) electrons. The summed E-state index contributed by atoms with van der Waals surface area (Å²) in [7, 11) is 0. The maximum Gasteiger partial charge on any atom is 0.435 e. The number of ether oxygens (including phenoxy) is 1. The Hall–Kier alpha value is -3.05. The molecule has 0 aliphatic carbocycles. The van der Waals surface area contributed by atoms with Crippen LogP contribution in [0.15, 0.2) is 36.5 Å². The molecule has 1 atom stereocenters. The van der Waals surface area contributed by atoms with Gasteiger partial charge in [0.2, 0.25) is 0 Å². The highest BCUT2D eigenvalue weighted by Crippen LogP contribution is 2.31. The number of hydrogen-bond donors (Lipinski definition) is 2. The second-order valence-electron chi connectivity index (χ2n) is 7.46. The van der Waals surface area contributed by atoms with E-state index in [-0.39, 0.29) is 11.8 Å². The first-order valence-corrected chi connectivity index (χ1v) is 10.7. The number of nitrogens with one attached hydrogen (secondary N) is 2. The van der Waals surface area contributed by atoms with Gasteiger partial charge in [0.15, 0.2) is 5.69 Å². The Morgan fingerprint density at radius 3 is 2.59 bits per heavy atom. The molecule has 0 saturated carbocycles. The topological polar surface area (TPSA) is 89.0 Å². The number of aromatic nitrogens is 3. The van der Waals surface area contributed by atoms with Crippen LogP contribution in [0.25, 0.3) is 10.6 Å². The fourth-order valence-electron chi connectivity index (χ4n) is 3.03. The summed E-state index contributed by atoms with van der Waals surface area (Å²) >= 11 is 1.50. The summed E-state index contributed by atoms with van der Waals surface area (Å²) in [5, 5.41) is 13.5. The van der Waals surface area contributed by atoms with Gasteiger partial charge in [-0.2, -0.15) is 18.3 Å². The van der Waals surface area contributed by atoms with Crippen LogP contribution in [0, 0.1) is 6.92 Å². The van der Waals surface area contributed by atoms with Crippen molar-refractivity contribution in [2.24, 2.45) is 0 Å². The molecule has 2 aromatic heterocycles. The number of thiazole rings is 1. The van der Waals surface area contributed by atoms with Crippen LogP contribution in [-0.2, 0) is 6.18 Å². The van der Waals surface area contributed by atoms with Crippen LogP contribution in [0.5, 0.6) is 5.75 Å². The monoisotopic (exact) mass is 463 g/mol. The Kier molecular flexibility index (Phi) is 6.11. The third-order valence-corrected chi connectivity index (χ3v) is 5.81. The first-order chi connectivity index (χ1) is 15.2. The van der Waals surface area contributed by atoms with E-state index in [1.54, 1.807) is 25.3 Å². The lowest BCUT2D eigenvalue weighted by molar-refractivity contribution is -0.141. The predicted molar refractivity (Wildman–Crippen MR) is 112 cm³/mol. The van der Waals surface area contributed by atoms with Crippen molar-refractivity contribution in [1.82, 2.24) is 25.8 Å². The van der Waals surface area contributed by atoms with Crippen molar-refractivity contribution in [2.75, 3.05) is 13.1 Å². The van der Waals surface area contributed by atoms with E-state index >= 15 is 0 Å². The summed E-state index contributed by atoms with van der Waals surface area (Å²) in [5.41, 5.74) is 0.234. The minimum absolute atomic E-state index is 0.0283. The molecule has 3 aromatic rings. The van der Waals surface area contributed by atoms with E-state index in [1.807, 2.05) is 13.0 Å². The van der Waals surface area contributed by atoms with Gasteiger partial charge < -0.3 is 15.4 Å². The number of nitrogens with zero attached hydrogens (tertiary/aromatic N) is 3. The van der Waals surface area contributed by atoms with Crippen LogP contribution < -0.4 is 15.4 Å². The minimum Gasteiger partial charge on any atom is -0.488 e. The van der Waals surface area contributed by atoms with Crippen LogP contribution in [0.1, 0.15) is 39.6 Å². The molecule has 2 N–H and O–H groups in total. The summed E-state index contributed by atoms with van der Waals surface area (Å²) < 4.78 is 44.0. The molecule has 32 heavy (non-hydrogen) atoms. The van der Waals surface area contributed by atoms with Gasteiger partial charge >= 0.3 is 6.18 Å². The van der Waals surface area contributed by atoms with E-state index in [2.05, 4.69) is 25.8 Å². The number of rotatable bonds is 6. The van der Waals surface area contributed by atoms with Gasteiger partial charge in [-0.15, -0.1) is 16.4 Å². The molecule has 11 heteroatoms. The van der Waals surface area contributed by atoms with Crippen molar-refractivity contribution in [3.8, 4) is 16.3 Å². The van der Waals surface area contributed by atoms with Gasteiger partial charge in [0, 0.05) is 35.3 Å². The zero-order valence-electron chi connectivity index (χ0n) is 17.2. The van der Waals surface area contributed by atoms with Crippen LogP contribution in [0.3, 0.4) is 0 Å². The van der Waals surface area contributed by atoms with Gasteiger partial charge in [-0.05, 0) is 44.2 Å². The van der Waals surface area contributed by atoms with E-state index in [0.29, 0.717) is 11.3 Å². The molecule has 1 aromatic carbocycles. The molecule has 168 valence electrons. The fourth-order valence-corrected chi connectivity index (χ4v) is 3.78. The predicted octanol–water partition coefficient (Wildman–Crippen LogP) is 3.77. The van der Waals surface area contributed by atoms with Gasteiger partial charge in [0.05, 0.1) is 11.7 Å². The van der Waals surface area contributed by atoms with Gasteiger partial charge in [-0.25, -0.2) is 4.98 Å². The molecular weight excluding hydrogens is 443 g/mol. The van der Waals surface area contributed by atoms with Crippen LogP contribution >= 0.6 is 11.3 Å². The first-order valence-electron chi connectivity index (χ1n) is 9.86. The van der Waals surface area contributed by atoms with Crippen LogP contribution in [-0.4, -0.2) is 40.3 Å². The number of alkyl halides is 3. The smallest absolute Gasteiger partial charge is 0.435 e. The van der Waals surface area contributed by atoms with Crippen LogP contribution in [0.2, 0.25) is 0 Å². The van der Waals surface area contributed by atoms with Gasteiger partial charge in [-0.3, -0.25) is 4.79 Å². The number of halogens is 3. The molecule has 0 unspecified atom stereocenters. The number of carbonyl (C=O) groups is 1. The maximum absolute atomic E-state index is 12.9. The standard InChI is InChI=1S/C21H20F3N5O2S/c1-11-8-26-20(32-11)14-5-13(6-15(7-14)31-16-9-25-10-16)19(30)27-12(2)17-3-4-18(29-28-17)21(22,23)24/h3-8,12,16,25H,9-10H2,1-2H3,(H,27,30)/t12-/m1/s1. The number of aryl methyl sites for hydroxylation is 1. The molecule has 0 bridgehead atoms. The molecule has 3 heterocycles. The normalized spacial score (nSPS) is 15.2. The number of amides is 1. The van der Waals surface area contributed by atoms with E-state index in [0.717, 1.165) is 34.6 Å². The molecule has 1 saturated heterocycles. The molecular formula is C21H20F3N5O2S. The van der Waals surface area contributed by atoms with Gasteiger partial charge in [0.25, 0.3) is 5.91 Å². The lowest BCUT2D eigenvalue weighted by Crippen LogP contribution is -2.50. The maximum atomic E-state index is 12.9. The number of hydrogen-bond acceptors (Lipinski definition) is 7. The second-order valence-corrected chi connectivity index (χ2v) is 8.69. The average molecular weight is 463 g/mol.